The quantitative estimate of drug-likeness (QED) is 0.504. The molecule has 1 unspecified atom stereocenters. The minimum Gasteiger partial charge on any atom is -0.393 e. The van der Waals surface area contributed by atoms with Gasteiger partial charge in [-0.05, 0) is 18.3 Å². The van der Waals surface area contributed by atoms with Gasteiger partial charge in [-0.2, -0.15) is 0 Å². The van der Waals surface area contributed by atoms with E-state index in [1.54, 1.807) is 0 Å². The van der Waals surface area contributed by atoms with Gasteiger partial charge in [0.1, 0.15) is 0 Å². The van der Waals surface area contributed by atoms with Crippen LogP contribution in [-0.2, 0) is 14.3 Å². The molecule has 0 N–H and O–H groups in total. The van der Waals surface area contributed by atoms with Gasteiger partial charge in [0.25, 0.3) is 0 Å². The van der Waals surface area contributed by atoms with Crippen LogP contribution < -0.4 is 0 Å². The summed E-state index contributed by atoms with van der Waals surface area (Å²) < 4.78 is 4.70. The first-order valence-electron chi connectivity index (χ1n) is 5.69. The summed E-state index contributed by atoms with van der Waals surface area (Å²) in [6.45, 7) is 8.06. The lowest BCUT2D eigenvalue weighted by Crippen LogP contribution is -2.15. The zero-order chi connectivity index (χ0) is 11.8. The van der Waals surface area contributed by atoms with Crippen LogP contribution in [0.1, 0.15) is 53.4 Å². The molecule has 0 heterocycles. The van der Waals surface area contributed by atoms with Crippen molar-refractivity contribution in [1.29, 1.82) is 0 Å². The van der Waals surface area contributed by atoms with E-state index in [0.717, 1.165) is 12.8 Å². The lowest BCUT2D eigenvalue weighted by Gasteiger charge is -2.07. The second-order valence-electron chi connectivity index (χ2n) is 4.50. The van der Waals surface area contributed by atoms with Crippen molar-refractivity contribution in [3.05, 3.63) is 0 Å². The van der Waals surface area contributed by atoms with Crippen molar-refractivity contribution in [2.24, 2.45) is 11.8 Å². The molecule has 0 aliphatic rings. The van der Waals surface area contributed by atoms with Crippen LogP contribution in [0.25, 0.3) is 0 Å². The van der Waals surface area contributed by atoms with Gasteiger partial charge in [0, 0.05) is 12.8 Å². The summed E-state index contributed by atoms with van der Waals surface area (Å²) in [4.78, 5) is 22.4. The van der Waals surface area contributed by atoms with E-state index in [1.165, 1.54) is 0 Å². The molecular formula is C12H22O3. The first-order valence-corrected chi connectivity index (χ1v) is 5.69. The number of hydrogen-bond donors (Lipinski definition) is 0. The van der Waals surface area contributed by atoms with E-state index in [2.05, 4.69) is 0 Å². The van der Waals surface area contributed by atoms with Crippen LogP contribution in [0.2, 0.25) is 0 Å². The van der Waals surface area contributed by atoms with Crippen LogP contribution in [-0.4, -0.2) is 11.9 Å². The van der Waals surface area contributed by atoms with E-state index < -0.39 is 11.9 Å². The lowest BCUT2D eigenvalue weighted by molar-refractivity contribution is -0.160. The first kappa shape index (κ1) is 14.1. The average molecular weight is 214 g/mol. The normalized spacial score (nSPS) is 12.6. The predicted molar refractivity (Wildman–Crippen MR) is 59.2 cm³/mol. The molecule has 0 saturated carbocycles. The molecule has 0 bridgehead atoms. The topological polar surface area (TPSA) is 43.4 Å². The molecule has 0 rings (SSSR count). The third kappa shape index (κ3) is 8.16. The highest BCUT2D eigenvalue weighted by molar-refractivity contribution is 5.85. The SMILES string of the molecule is CCC(C)CC(=O)OC(=O)CCC(C)C. The Kier molecular flexibility index (Phi) is 7.01. The van der Waals surface area contributed by atoms with Gasteiger partial charge in [0.2, 0.25) is 0 Å². The van der Waals surface area contributed by atoms with Crippen LogP contribution in [0, 0.1) is 11.8 Å². The van der Waals surface area contributed by atoms with Gasteiger partial charge in [-0.1, -0.05) is 34.1 Å². The van der Waals surface area contributed by atoms with E-state index >= 15 is 0 Å². The molecular weight excluding hydrogens is 192 g/mol. The highest BCUT2D eigenvalue weighted by Crippen LogP contribution is 2.09. The number of ether oxygens (including phenoxy) is 1. The molecule has 0 aliphatic carbocycles. The maximum atomic E-state index is 11.2. The number of carbonyl (C=O) groups is 2. The summed E-state index contributed by atoms with van der Waals surface area (Å²) in [5.41, 5.74) is 0. The fourth-order valence-electron chi connectivity index (χ4n) is 1.06. The zero-order valence-corrected chi connectivity index (χ0v) is 10.2. The van der Waals surface area contributed by atoms with Gasteiger partial charge < -0.3 is 4.74 Å². The Morgan fingerprint density at radius 3 is 2.20 bits per heavy atom. The van der Waals surface area contributed by atoms with Crippen LogP contribution >= 0.6 is 0 Å². The van der Waals surface area contributed by atoms with Crippen LogP contribution in [0.3, 0.4) is 0 Å². The molecule has 0 fully saturated rings. The fourth-order valence-corrected chi connectivity index (χ4v) is 1.06. The maximum Gasteiger partial charge on any atom is 0.313 e. The fraction of sp³-hybridized carbons (Fsp3) is 0.833. The molecule has 88 valence electrons. The Balaban J connectivity index is 3.72. The second kappa shape index (κ2) is 7.43. The summed E-state index contributed by atoms with van der Waals surface area (Å²) in [7, 11) is 0. The second-order valence-corrected chi connectivity index (χ2v) is 4.50. The van der Waals surface area contributed by atoms with Crippen molar-refractivity contribution in [2.45, 2.75) is 53.4 Å². The minimum atomic E-state index is -0.392. The Morgan fingerprint density at radius 2 is 1.73 bits per heavy atom. The van der Waals surface area contributed by atoms with E-state index in [1.807, 2.05) is 27.7 Å². The Morgan fingerprint density at radius 1 is 1.13 bits per heavy atom. The van der Waals surface area contributed by atoms with E-state index in [-0.39, 0.29) is 5.92 Å². The molecule has 3 nitrogen and oxygen atoms in total. The largest absolute Gasteiger partial charge is 0.393 e. The number of carbonyl (C=O) groups excluding carboxylic acids is 2. The third-order valence-corrected chi connectivity index (χ3v) is 2.37. The summed E-state index contributed by atoms with van der Waals surface area (Å²) in [5, 5.41) is 0. The van der Waals surface area contributed by atoms with Gasteiger partial charge in [-0.3, -0.25) is 9.59 Å². The molecule has 0 amide bonds. The lowest BCUT2D eigenvalue weighted by atomic mass is 10.1. The minimum absolute atomic E-state index is 0.287. The number of hydrogen-bond acceptors (Lipinski definition) is 3. The van der Waals surface area contributed by atoms with Crippen molar-refractivity contribution in [1.82, 2.24) is 0 Å². The highest BCUT2D eigenvalue weighted by Gasteiger charge is 2.13. The van der Waals surface area contributed by atoms with Gasteiger partial charge in [-0.25, -0.2) is 0 Å². The summed E-state index contributed by atoms with van der Waals surface area (Å²) in [5.74, 6) is -0.0345. The zero-order valence-electron chi connectivity index (χ0n) is 10.2. The van der Waals surface area contributed by atoms with Crippen molar-refractivity contribution < 1.29 is 14.3 Å². The van der Waals surface area contributed by atoms with Crippen LogP contribution in [0.4, 0.5) is 0 Å². The van der Waals surface area contributed by atoms with Crippen LogP contribution in [0.5, 0.6) is 0 Å². The Hall–Kier alpha value is -0.860. The smallest absolute Gasteiger partial charge is 0.313 e. The maximum absolute atomic E-state index is 11.2. The summed E-state index contributed by atoms with van der Waals surface area (Å²) >= 11 is 0. The van der Waals surface area contributed by atoms with E-state index in [4.69, 9.17) is 4.74 Å². The molecule has 15 heavy (non-hydrogen) atoms. The van der Waals surface area contributed by atoms with Crippen molar-refractivity contribution in [3.8, 4) is 0 Å². The standard InChI is InChI=1S/C12H22O3/c1-5-10(4)8-12(14)15-11(13)7-6-9(2)3/h9-10H,5-8H2,1-4H3. The van der Waals surface area contributed by atoms with Crippen molar-refractivity contribution in [3.63, 3.8) is 0 Å². The molecule has 0 aromatic heterocycles. The Labute approximate surface area is 92.2 Å². The van der Waals surface area contributed by atoms with Gasteiger partial charge >= 0.3 is 11.9 Å². The number of rotatable bonds is 6. The molecule has 3 heteroatoms. The number of esters is 2. The monoisotopic (exact) mass is 214 g/mol. The van der Waals surface area contributed by atoms with Crippen molar-refractivity contribution >= 4 is 11.9 Å². The van der Waals surface area contributed by atoms with Crippen molar-refractivity contribution in [2.75, 3.05) is 0 Å². The average Bonchev–Trinajstić information content (AvgIpc) is 2.14. The molecule has 0 aromatic carbocycles. The van der Waals surface area contributed by atoms with Crippen LogP contribution in [0.15, 0.2) is 0 Å². The van der Waals surface area contributed by atoms with Gasteiger partial charge in [0.15, 0.2) is 0 Å². The summed E-state index contributed by atoms with van der Waals surface area (Å²) in [6, 6.07) is 0. The molecule has 0 spiro atoms. The van der Waals surface area contributed by atoms with Gasteiger partial charge in [0.05, 0.1) is 0 Å². The molecule has 0 radical (unpaired) electrons. The van der Waals surface area contributed by atoms with E-state index in [9.17, 15) is 9.59 Å². The molecule has 0 aliphatic heterocycles. The highest BCUT2D eigenvalue weighted by atomic mass is 16.6. The third-order valence-electron chi connectivity index (χ3n) is 2.37. The molecule has 0 saturated heterocycles. The first-order chi connectivity index (χ1) is 6.95. The van der Waals surface area contributed by atoms with Gasteiger partial charge in [-0.15, -0.1) is 0 Å². The predicted octanol–water partition coefficient (Wildman–Crippen LogP) is 2.93. The molecule has 1 atom stereocenters. The van der Waals surface area contributed by atoms with E-state index in [0.29, 0.717) is 18.8 Å². The Bertz CT molecular complexity index is 209. The summed E-state index contributed by atoms with van der Waals surface area (Å²) in [6.07, 6.45) is 2.37. The molecule has 0 aromatic rings.